The highest BCUT2D eigenvalue weighted by atomic mass is 127. The van der Waals surface area contributed by atoms with Gasteiger partial charge in [-0.1, -0.05) is 23.7 Å². The SMILES string of the molecule is Clc1nc(C2CSc3ccccc3O2)nc(C2CC2)c1I. The molecule has 1 atom stereocenters. The monoisotopic (exact) mass is 430 g/mol. The van der Waals surface area contributed by atoms with Gasteiger partial charge >= 0.3 is 0 Å². The number of benzene rings is 1. The minimum Gasteiger partial charge on any atom is -0.480 e. The molecule has 0 amide bonds. The van der Waals surface area contributed by atoms with E-state index in [-0.39, 0.29) is 6.10 Å². The van der Waals surface area contributed by atoms with Gasteiger partial charge in [0.15, 0.2) is 11.9 Å². The van der Waals surface area contributed by atoms with Crippen molar-refractivity contribution < 1.29 is 4.74 Å². The zero-order valence-corrected chi connectivity index (χ0v) is 14.8. The van der Waals surface area contributed by atoms with Crippen LogP contribution in [0.25, 0.3) is 0 Å². The summed E-state index contributed by atoms with van der Waals surface area (Å²) >= 11 is 10.3. The molecule has 0 saturated heterocycles. The largest absolute Gasteiger partial charge is 0.480 e. The van der Waals surface area contributed by atoms with E-state index >= 15 is 0 Å². The third kappa shape index (κ3) is 2.75. The van der Waals surface area contributed by atoms with E-state index in [1.165, 1.54) is 17.7 Å². The maximum Gasteiger partial charge on any atom is 0.172 e. The van der Waals surface area contributed by atoms with Gasteiger partial charge in [-0.25, -0.2) is 9.97 Å². The fourth-order valence-electron chi connectivity index (χ4n) is 2.37. The predicted molar refractivity (Wildman–Crippen MR) is 92.3 cm³/mol. The number of hydrogen-bond donors (Lipinski definition) is 0. The summed E-state index contributed by atoms with van der Waals surface area (Å²) in [5, 5.41) is 0.551. The molecule has 1 unspecified atom stereocenters. The van der Waals surface area contributed by atoms with Gasteiger partial charge in [-0.2, -0.15) is 0 Å². The second-order valence-corrected chi connectivity index (χ2v) is 7.71. The van der Waals surface area contributed by atoms with Gasteiger partial charge in [0.25, 0.3) is 0 Å². The van der Waals surface area contributed by atoms with Crippen molar-refractivity contribution in [3.05, 3.63) is 44.5 Å². The first-order chi connectivity index (χ1) is 10.2. The van der Waals surface area contributed by atoms with Gasteiger partial charge in [-0.05, 0) is 47.6 Å². The molecule has 0 N–H and O–H groups in total. The summed E-state index contributed by atoms with van der Waals surface area (Å²) in [4.78, 5) is 10.4. The highest BCUT2D eigenvalue weighted by molar-refractivity contribution is 14.1. The summed E-state index contributed by atoms with van der Waals surface area (Å²) in [7, 11) is 0. The summed E-state index contributed by atoms with van der Waals surface area (Å²) in [6, 6.07) is 8.08. The van der Waals surface area contributed by atoms with E-state index in [1.54, 1.807) is 11.8 Å². The molecular weight excluding hydrogens is 419 g/mol. The lowest BCUT2D eigenvalue weighted by Gasteiger charge is -2.25. The summed E-state index contributed by atoms with van der Waals surface area (Å²) in [6.45, 7) is 0. The quantitative estimate of drug-likeness (QED) is 0.504. The third-order valence-corrected chi connectivity index (χ3v) is 6.39. The lowest BCUT2D eigenvalue weighted by molar-refractivity contribution is 0.210. The zero-order chi connectivity index (χ0) is 14.4. The lowest BCUT2D eigenvalue weighted by Crippen LogP contribution is -2.19. The number of rotatable bonds is 2. The van der Waals surface area contributed by atoms with Crippen LogP contribution >= 0.6 is 46.0 Å². The summed E-state index contributed by atoms with van der Waals surface area (Å²) in [6.07, 6.45) is 2.27. The van der Waals surface area contributed by atoms with Crippen molar-refractivity contribution in [3.8, 4) is 5.75 Å². The van der Waals surface area contributed by atoms with Gasteiger partial charge in [-0.3, -0.25) is 0 Å². The number of fused-ring (bicyclic) bond motifs is 1. The van der Waals surface area contributed by atoms with Gasteiger partial charge in [0.2, 0.25) is 0 Å². The second kappa shape index (κ2) is 5.59. The minimum atomic E-state index is -0.128. The molecule has 108 valence electrons. The van der Waals surface area contributed by atoms with Gasteiger partial charge in [0.05, 0.1) is 9.26 Å². The number of thioether (sulfide) groups is 1. The highest BCUT2D eigenvalue weighted by Crippen LogP contribution is 2.44. The van der Waals surface area contributed by atoms with Crippen molar-refractivity contribution >= 4 is 46.0 Å². The van der Waals surface area contributed by atoms with Crippen molar-refractivity contribution in [1.29, 1.82) is 0 Å². The Morgan fingerprint density at radius 2 is 2.05 bits per heavy atom. The number of para-hydroxylation sites is 1. The Kier molecular flexibility index (Phi) is 3.75. The third-order valence-electron chi connectivity index (χ3n) is 3.61. The predicted octanol–water partition coefficient (Wildman–Crippen LogP) is 4.84. The molecule has 1 aliphatic carbocycles. The van der Waals surface area contributed by atoms with Crippen LogP contribution in [0.2, 0.25) is 5.15 Å². The van der Waals surface area contributed by atoms with Crippen LogP contribution in [0.5, 0.6) is 5.75 Å². The van der Waals surface area contributed by atoms with E-state index in [1.807, 2.05) is 18.2 Å². The standard InChI is InChI=1S/C15H12ClIN2OS/c16-14-12(17)13(8-5-6-8)18-15(19-14)10-7-21-11-4-2-1-3-9(11)20-10/h1-4,8,10H,5-7H2. The molecule has 4 rings (SSSR count). The molecular formula is C15H12ClIN2OS. The molecule has 21 heavy (non-hydrogen) atoms. The fourth-order valence-corrected chi connectivity index (χ4v) is 4.22. The molecule has 1 aliphatic heterocycles. The van der Waals surface area contributed by atoms with Crippen LogP contribution in [0, 0.1) is 3.57 Å². The first-order valence-corrected chi connectivity index (χ1v) is 9.28. The first kappa shape index (κ1) is 14.1. The Morgan fingerprint density at radius 3 is 2.86 bits per heavy atom. The molecule has 1 aromatic heterocycles. The number of halogens is 2. The van der Waals surface area contributed by atoms with Gasteiger partial charge < -0.3 is 4.74 Å². The summed E-state index contributed by atoms with van der Waals surface area (Å²) < 4.78 is 7.05. The van der Waals surface area contributed by atoms with E-state index < -0.39 is 0 Å². The van der Waals surface area contributed by atoms with Crippen LogP contribution < -0.4 is 4.74 Å². The molecule has 0 spiro atoms. The Morgan fingerprint density at radius 1 is 1.24 bits per heavy atom. The van der Waals surface area contributed by atoms with Crippen molar-refractivity contribution in [3.63, 3.8) is 0 Å². The van der Waals surface area contributed by atoms with E-state index in [9.17, 15) is 0 Å². The van der Waals surface area contributed by atoms with Crippen LogP contribution in [0.1, 0.15) is 36.4 Å². The number of hydrogen-bond acceptors (Lipinski definition) is 4. The van der Waals surface area contributed by atoms with E-state index in [2.05, 4.69) is 33.6 Å². The van der Waals surface area contributed by atoms with Crippen molar-refractivity contribution in [2.45, 2.75) is 29.8 Å². The van der Waals surface area contributed by atoms with Gasteiger partial charge in [0, 0.05) is 16.6 Å². The topological polar surface area (TPSA) is 35.0 Å². The normalized spacial score (nSPS) is 20.8. The number of nitrogens with zero attached hydrogens (tertiary/aromatic N) is 2. The average Bonchev–Trinajstić information content (AvgIpc) is 3.34. The highest BCUT2D eigenvalue weighted by Gasteiger charge is 2.31. The Hall–Kier alpha value is -0.530. The van der Waals surface area contributed by atoms with Crippen molar-refractivity contribution in [1.82, 2.24) is 9.97 Å². The van der Waals surface area contributed by atoms with E-state index in [0.29, 0.717) is 16.9 Å². The molecule has 1 aromatic carbocycles. The van der Waals surface area contributed by atoms with Crippen molar-refractivity contribution in [2.75, 3.05) is 5.75 Å². The van der Waals surface area contributed by atoms with Gasteiger partial charge in [0.1, 0.15) is 10.9 Å². The Balaban J connectivity index is 1.68. The molecule has 2 aromatic rings. The molecule has 2 heterocycles. The molecule has 6 heteroatoms. The second-order valence-electron chi connectivity index (χ2n) is 5.21. The van der Waals surface area contributed by atoms with Crippen LogP contribution in [0.3, 0.4) is 0 Å². The Bertz CT molecular complexity index is 708. The van der Waals surface area contributed by atoms with Crippen LogP contribution in [0.15, 0.2) is 29.2 Å². The number of aromatic nitrogens is 2. The average molecular weight is 431 g/mol. The smallest absolute Gasteiger partial charge is 0.172 e. The molecule has 1 fully saturated rings. The van der Waals surface area contributed by atoms with Crippen LogP contribution in [-0.4, -0.2) is 15.7 Å². The summed E-state index contributed by atoms with van der Waals surface area (Å²) in [5.74, 6) is 2.99. The molecule has 0 radical (unpaired) electrons. The number of ether oxygens (including phenoxy) is 1. The Labute approximate surface area is 146 Å². The van der Waals surface area contributed by atoms with Crippen molar-refractivity contribution in [2.24, 2.45) is 0 Å². The molecule has 0 bridgehead atoms. The van der Waals surface area contributed by atoms with Crippen LogP contribution in [-0.2, 0) is 0 Å². The molecule has 2 aliphatic rings. The summed E-state index contributed by atoms with van der Waals surface area (Å²) in [5.41, 5.74) is 1.10. The zero-order valence-electron chi connectivity index (χ0n) is 11.1. The van der Waals surface area contributed by atoms with E-state index in [0.717, 1.165) is 20.8 Å². The van der Waals surface area contributed by atoms with Crippen LogP contribution in [0.4, 0.5) is 0 Å². The fraction of sp³-hybridized carbons (Fsp3) is 0.333. The lowest BCUT2D eigenvalue weighted by atomic mass is 10.2. The first-order valence-electron chi connectivity index (χ1n) is 6.83. The van der Waals surface area contributed by atoms with E-state index in [4.69, 9.17) is 21.3 Å². The maximum atomic E-state index is 6.29. The van der Waals surface area contributed by atoms with Gasteiger partial charge in [-0.15, -0.1) is 11.8 Å². The minimum absolute atomic E-state index is 0.128. The maximum absolute atomic E-state index is 6.29. The molecule has 1 saturated carbocycles. The molecule has 3 nitrogen and oxygen atoms in total.